The smallest absolute Gasteiger partial charge is 0.110 e. The van der Waals surface area contributed by atoms with Crippen LogP contribution in [0.3, 0.4) is 0 Å². The number of imidazole rings is 1. The number of hydrogen-bond donors (Lipinski definition) is 1. The number of aryl methyl sites for hydroxylation is 1. The van der Waals surface area contributed by atoms with Crippen molar-refractivity contribution in [3.63, 3.8) is 0 Å². The maximum atomic E-state index is 6.25. The lowest BCUT2D eigenvalue weighted by Crippen LogP contribution is -2.16. The summed E-state index contributed by atoms with van der Waals surface area (Å²) < 4.78 is 4.18. The molecule has 0 spiro atoms. The van der Waals surface area contributed by atoms with Gasteiger partial charge in [-0.3, -0.25) is 0 Å². The third kappa shape index (κ3) is 3.22. The van der Waals surface area contributed by atoms with Gasteiger partial charge in [-0.15, -0.1) is 0 Å². The van der Waals surface area contributed by atoms with Crippen molar-refractivity contribution in [2.75, 3.05) is 0 Å². The summed E-state index contributed by atoms with van der Waals surface area (Å²) in [4.78, 5) is 4.36. The molecule has 0 saturated heterocycles. The highest BCUT2D eigenvalue weighted by Crippen LogP contribution is 2.24. The Labute approximate surface area is 124 Å². The van der Waals surface area contributed by atoms with Crippen molar-refractivity contribution in [1.29, 1.82) is 0 Å². The first kappa shape index (κ1) is 13.8. The van der Waals surface area contributed by atoms with Crippen LogP contribution in [0.4, 0.5) is 0 Å². The molecule has 0 radical (unpaired) electrons. The number of benzene rings is 1. The van der Waals surface area contributed by atoms with Crippen molar-refractivity contribution >= 4 is 31.9 Å². The molecule has 0 aliphatic carbocycles. The fourth-order valence-electron chi connectivity index (χ4n) is 1.92. The molecule has 0 saturated carbocycles. The minimum atomic E-state index is -0.0495. The molecule has 0 fully saturated rings. The molecule has 0 aliphatic heterocycles. The van der Waals surface area contributed by atoms with Crippen LogP contribution in [-0.2, 0) is 13.0 Å². The molecule has 1 aromatic heterocycles. The predicted octanol–water partition coefficient (Wildman–Crippen LogP) is 3.67. The SMILES string of the molecule is CCn1ccnc1CC(N)c1cc(Br)cc(Br)c1. The van der Waals surface area contributed by atoms with E-state index < -0.39 is 0 Å². The lowest BCUT2D eigenvalue weighted by molar-refractivity contribution is 0.628. The van der Waals surface area contributed by atoms with Crippen molar-refractivity contribution in [2.24, 2.45) is 5.73 Å². The van der Waals surface area contributed by atoms with Gasteiger partial charge in [-0.2, -0.15) is 0 Å². The van der Waals surface area contributed by atoms with Crippen molar-refractivity contribution in [2.45, 2.75) is 25.9 Å². The average molecular weight is 373 g/mol. The number of nitrogens with zero attached hydrogens (tertiary/aromatic N) is 2. The molecule has 3 nitrogen and oxygen atoms in total. The maximum Gasteiger partial charge on any atom is 0.110 e. The van der Waals surface area contributed by atoms with Gasteiger partial charge in [-0.1, -0.05) is 31.9 Å². The molecule has 0 bridgehead atoms. The molecular weight excluding hydrogens is 358 g/mol. The van der Waals surface area contributed by atoms with E-state index in [0.717, 1.165) is 33.3 Å². The van der Waals surface area contributed by atoms with E-state index in [2.05, 4.69) is 60.5 Å². The monoisotopic (exact) mass is 371 g/mol. The Hall–Kier alpha value is -0.650. The molecule has 1 atom stereocenters. The highest BCUT2D eigenvalue weighted by molar-refractivity contribution is 9.11. The molecule has 2 aromatic rings. The van der Waals surface area contributed by atoms with E-state index >= 15 is 0 Å². The van der Waals surface area contributed by atoms with E-state index in [1.807, 2.05) is 18.5 Å². The summed E-state index contributed by atoms with van der Waals surface area (Å²) in [6.45, 7) is 3.02. The number of hydrogen-bond acceptors (Lipinski definition) is 2. The van der Waals surface area contributed by atoms with Crippen molar-refractivity contribution in [1.82, 2.24) is 9.55 Å². The molecule has 1 aromatic carbocycles. The van der Waals surface area contributed by atoms with E-state index in [4.69, 9.17) is 5.73 Å². The van der Waals surface area contributed by atoms with Gasteiger partial charge in [0.2, 0.25) is 0 Å². The van der Waals surface area contributed by atoms with E-state index in [-0.39, 0.29) is 6.04 Å². The number of rotatable bonds is 4. The maximum absolute atomic E-state index is 6.25. The Morgan fingerprint density at radius 2 is 1.94 bits per heavy atom. The van der Waals surface area contributed by atoms with Gasteiger partial charge in [0.25, 0.3) is 0 Å². The first-order valence-corrected chi connectivity index (χ1v) is 7.40. The Morgan fingerprint density at radius 3 is 2.56 bits per heavy atom. The Kier molecular flexibility index (Phi) is 4.59. The highest BCUT2D eigenvalue weighted by Gasteiger charge is 2.12. The van der Waals surface area contributed by atoms with E-state index in [1.165, 1.54) is 0 Å². The molecule has 1 heterocycles. The van der Waals surface area contributed by atoms with Gasteiger partial charge in [-0.25, -0.2) is 4.98 Å². The fraction of sp³-hybridized carbons (Fsp3) is 0.308. The van der Waals surface area contributed by atoms with Crippen LogP contribution in [-0.4, -0.2) is 9.55 Å². The third-order valence-corrected chi connectivity index (χ3v) is 3.77. The van der Waals surface area contributed by atoms with Crippen molar-refractivity contribution < 1.29 is 0 Å². The van der Waals surface area contributed by atoms with Gasteiger partial charge in [0.1, 0.15) is 5.82 Å². The van der Waals surface area contributed by atoms with Crippen LogP contribution in [0, 0.1) is 0 Å². The molecule has 18 heavy (non-hydrogen) atoms. The van der Waals surface area contributed by atoms with Crippen LogP contribution < -0.4 is 5.73 Å². The molecule has 0 aliphatic rings. The lowest BCUT2D eigenvalue weighted by atomic mass is 10.0. The Morgan fingerprint density at radius 1 is 1.28 bits per heavy atom. The minimum absolute atomic E-state index is 0.0495. The summed E-state index contributed by atoms with van der Waals surface area (Å²) in [5.41, 5.74) is 7.35. The molecular formula is C13H15Br2N3. The number of aromatic nitrogens is 2. The van der Waals surface area contributed by atoms with Gasteiger partial charge in [0.15, 0.2) is 0 Å². The third-order valence-electron chi connectivity index (χ3n) is 2.86. The quantitative estimate of drug-likeness (QED) is 0.889. The Balaban J connectivity index is 2.19. The van der Waals surface area contributed by atoms with Crippen LogP contribution in [0.2, 0.25) is 0 Å². The fourth-order valence-corrected chi connectivity index (χ4v) is 3.25. The molecule has 1 unspecified atom stereocenters. The number of nitrogens with two attached hydrogens (primary N) is 1. The number of halogens is 2. The lowest BCUT2D eigenvalue weighted by Gasteiger charge is -2.13. The molecule has 2 N–H and O–H groups in total. The second-order valence-electron chi connectivity index (χ2n) is 4.14. The molecule has 2 rings (SSSR count). The largest absolute Gasteiger partial charge is 0.335 e. The van der Waals surface area contributed by atoms with Crippen LogP contribution in [0.1, 0.15) is 24.4 Å². The topological polar surface area (TPSA) is 43.8 Å². The van der Waals surface area contributed by atoms with E-state index in [0.29, 0.717) is 0 Å². The van der Waals surface area contributed by atoms with Gasteiger partial charge >= 0.3 is 0 Å². The molecule has 5 heteroatoms. The van der Waals surface area contributed by atoms with Crippen molar-refractivity contribution in [3.8, 4) is 0 Å². The zero-order valence-electron chi connectivity index (χ0n) is 10.1. The zero-order valence-corrected chi connectivity index (χ0v) is 13.3. The summed E-state index contributed by atoms with van der Waals surface area (Å²) in [5, 5.41) is 0. The highest BCUT2D eigenvalue weighted by atomic mass is 79.9. The van der Waals surface area contributed by atoms with Crippen LogP contribution in [0.5, 0.6) is 0 Å². The molecule has 96 valence electrons. The first-order valence-electron chi connectivity index (χ1n) is 5.81. The van der Waals surface area contributed by atoms with E-state index in [9.17, 15) is 0 Å². The van der Waals surface area contributed by atoms with Gasteiger partial charge in [0.05, 0.1) is 0 Å². The standard InChI is InChI=1S/C13H15Br2N3/c1-2-18-4-3-17-13(18)8-12(16)9-5-10(14)7-11(15)6-9/h3-7,12H,2,8,16H2,1H3. The van der Waals surface area contributed by atoms with Crippen LogP contribution in [0.25, 0.3) is 0 Å². The van der Waals surface area contributed by atoms with Crippen molar-refractivity contribution in [3.05, 3.63) is 50.9 Å². The van der Waals surface area contributed by atoms with E-state index in [1.54, 1.807) is 0 Å². The predicted molar refractivity (Wildman–Crippen MR) is 80.4 cm³/mol. The molecule has 0 amide bonds. The second kappa shape index (κ2) is 5.99. The normalized spacial score (nSPS) is 12.7. The summed E-state index contributed by atoms with van der Waals surface area (Å²) >= 11 is 6.96. The minimum Gasteiger partial charge on any atom is -0.335 e. The van der Waals surface area contributed by atoms with Gasteiger partial charge < -0.3 is 10.3 Å². The second-order valence-corrected chi connectivity index (χ2v) is 5.97. The summed E-state index contributed by atoms with van der Waals surface area (Å²) in [6.07, 6.45) is 4.55. The first-order chi connectivity index (χ1) is 8.60. The van der Waals surface area contributed by atoms with Crippen LogP contribution >= 0.6 is 31.9 Å². The Bertz CT molecular complexity index is 517. The summed E-state index contributed by atoms with van der Waals surface area (Å²) in [6, 6.07) is 6.05. The van der Waals surface area contributed by atoms with Crippen LogP contribution in [0.15, 0.2) is 39.5 Å². The summed E-state index contributed by atoms with van der Waals surface area (Å²) in [5.74, 6) is 1.03. The van der Waals surface area contributed by atoms with Gasteiger partial charge in [0, 0.05) is 40.3 Å². The average Bonchev–Trinajstić information content (AvgIpc) is 2.75. The summed E-state index contributed by atoms with van der Waals surface area (Å²) in [7, 11) is 0. The van der Waals surface area contributed by atoms with Gasteiger partial charge in [-0.05, 0) is 30.7 Å². The zero-order chi connectivity index (χ0) is 13.1.